The molecule has 1 aromatic heterocycles. The summed E-state index contributed by atoms with van der Waals surface area (Å²) in [4.78, 5) is 21.0. The lowest BCUT2D eigenvalue weighted by atomic mass is 10.0. The lowest BCUT2D eigenvalue weighted by Crippen LogP contribution is -2.40. The number of likely N-dealkylation sites (N-methyl/N-ethyl adjacent to an activating group) is 1. The number of hydrogen-bond donors (Lipinski definition) is 2. The summed E-state index contributed by atoms with van der Waals surface area (Å²) in [6.07, 6.45) is 1.13. The van der Waals surface area contributed by atoms with Gasteiger partial charge in [-0.1, -0.05) is 17.7 Å². The number of fused-ring (bicyclic) bond motifs is 3. The minimum Gasteiger partial charge on any atom is -0.384 e. The Balaban J connectivity index is 1.84. The van der Waals surface area contributed by atoms with Crippen molar-refractivity contribution in [1.82, 2.24) is 10.3 Å². The van der Waals surface area contributed by atoms with Crippen LogP contribution in [0.1, 0.15) is 6.92 Å². The van der Waals surface area contributed by atoms with E-state index in [1.807, 2.05) is 38.2 Å². The minimum atomic E-state index is -0.464. The summed E-state index contributed by atoms with van der Waals surface area (Å²) in [5, 5.41) is 6.89. The molecule has 0 spiro atoms. The van der Waals surface area contributed by atoms with Gasteiger partial charge in [-0.25, -0.2) is 14.2 Å². The lowest BCUT2D eigenvalue weighted by Gasteiger charge is -2.28. The van der Waals surface area contributed by atoms with Crippen molar-refractivity contribution in [1.29, 1.82) is 0 Å². The van der Waals surface area contributed by atoms with Crippen molar-refractivity contribution in [3.63, 3.8) is 0 Å². The van der Waals surface area contributed by atoms with E-state index in [1.165, 1.54) is 6.07 Å². The molecule has 2 N–H and O–H groups in total. The Morgan fingerprint density at radius 1 is 1.06 bits per heavy atom. The van der Waals surface area contributed by atoms with Crippen LogP contribution in [-0.4, -0.2) is 37.7 Å². The molecule has 2 amide bonds. The molecule has 0 radical (unpaired) electrons. The van der Waals surface area contributed by atoms with E-state index < -0.39 is 5.82 Å². The predicted molar refractivity (Wildman–Crippen MR) is 124 cm³/mol. The van der Waals surface area contributed by atoms with Crippen LogP contribution in [0, 0.1) is 5.82 Å². The smallest absolute Gasteiger partial charge is 0.334 e. The van der Waals surface area contributed by atoms with Crippen LogP contribution in [0.3, 0.4) is 0 Å². The molecule has 31 heavy (non-hydrogen) atoms. The Hall–Kier alpha value is -3.16. The average molecular weight is 440 g/mol. The van der Waals surface area contributed by atoms with E-state index in [0.717, 1.165) is 25.0 Å². The molecule has 0 atom stereocenters. The number of halogens is 2. The van der Waals surface area contributed by atoms with Gasteiger partial charge in [0.1, 0.15) is 11.6 Å². The molecule has 2 aromatic carbocycles. The molecular weight excluding hydrogens is 417 g/mol. The van der Waals surface area contributed by atoms with Crippen LogP contribution in [0.25, 0.3) is 11.1 Å². The maximum absolute atomic E-state index is 14.1. The number of nitrogens with zero attached hydrogens (tertiary/aromatic N) is 3. The molecule has 0 aliphatic carbocycles. The van der Waals surface area contributed by atoms with Gasteiger partial charge in [0.2, 0.25) is 0 Å². The van der Waals surface area contributed by atoms with E-state index in [4.69, 9.17) is 11.6 Å². The topological polar surface area (TPSA) is 60.5 Å². The van der Waals surface area contributed by atoms with Crippen LogP contribution in [-0.2, 0) is 0 Å². The molecule has 0 saturated carbocycles. The first-order valence-electron chi connectivity index (χ1n) is 10.1. The number of pyridine rings is 1. The predicted octanol–water partition coefficient (Wildman–Crippen LogP) is 5.27. The molecule has 2 heterocycles. The van der Waals surface area contributed by atoms with Gasteiger partial charge in [-0.3, -0.25) is 9.80 Å². The molecule has 0 saturated heterocycles. The third-order valence-corrected chi connectivity index (χ3v) is 5.38. The zero-order chi connectivity index (χ0) is 22.0. The van der Waals surface area contributed by atoms with Gasteiger partial charge in [0.05, 0.1) is 17.6 Å². The highest BCUT2D eigenvalue weighted by molar-refractivity contribution is 6.31. The van der Waals surface area contributed by atoms with Gasteiger partial charge >= 0.3 is 6.03 Å². The van der Waals surface area contributed by atoms with Gasteiger partial charge in [0, 0.05) is 41.5 Å². The van der Waals surface area contributed by atoms with E-state index in [2.05, 4.69) is 15.6 Å². The summed E-state index contributed by atoms with van der Waals surface area (Å²) in [7, 11) is 1.90. The zero-order valence-corrected chi connectivity index (χ0v) is 18.1. The largest absolute Gasteiger partial charge is 0.384 e. The molecule has 0 bridgehead atoms. The monoisotopic (exact) mass is 439 g/mol. The number of urea groups is 1. The Morgan fingerprint density at radius 3 is 2.55 bits per heavy atom. The molecule has 8 heteroatoms. The number of carbonyl (C=O) groups excluding carboxylic acids is 1. The van der Waals surface area contributed by atoms with Gasteiger partial charge in [0.25, 0.3) is 0 Å². The summed E-state index contributed by atoms with van der Waals surface area (Å²) in [6.45, 7) is 3.87. The van der Waals surface area contributed by atoms with E-state index >= 15 is 0 Å². The SMILES string of the molecule is CCN1C(=O)N(c2ccc(NCCNC)cc2)c2cc(Cl)ccc2-c2cc(F)cnc21. The van der Waals surface area contributed by atoms with Crippen molar-refractivity contribution in [2.24, 2.45) is 0 Å². The Labute approximate surface area is 185 Å². The van der Waals surface area contributed by atoms with Crippen molar-refractivity contribution < 1.29 is 9.18 Å². The van der Waals surface area contributed by atoms with E-state index in [-0.39, 0.29) is 6.03 Å². The summed E-state index contributed by atoms with van der Waals surface area (Å²) in [5.41, 5.74) is 3.45. The maximum Gasteiger partial charge on any atom is 0.334 e. The number of rotatable bonds is 6. The summed E-state index contributed by atoms with van der Waals surface area (Å²) in [5.74, 6) is -0.0427. The second-order valence-corrected chi connectivity index (χ2v) is 7.56. The molecule has 4 rings (SSSR count). The minimum absolute atomic E-state index is 0.278. The maximum atomic E-state index is 14.1. The third-order valence-electron chi connectivity index (χ3n) is 5.15. The summed E-state index contributed by atoms with van der Waals surface area (Å²) >= 11 is 6.30. The van der Waals surface area contributed by atoms with Crippen molar-refractivity contribution in [2.45, 2.75) is 6.92 Å². The van der Waals surface area contributed by atoms with E-state index in [9.17, 15) is 9.18 Å². The highest BCUT2D eigenvalue weighted by Gasteiger charge is 2.33. The summed E-state index contributed by atoms with van der Waals surface area (Å²) in [6, 6.07) is 14.0. The Kier molecular flexibility index (Phi) is 6.06. The van der Waals surface area contributed by atoms with Crippen LogP contribution in [0.2, 0.25) is 5.02 Å². The fourth-order valence-electron chi connectivity index (χ4n) is 3.67. The van der Waals surface area contributed by atoms with Gasteiger partial charge in [-0.2, -0.15) is 0 Å². The quantitative estimate of drug-likeness (QED) is 0.513. The van der Waals surface area contributed by atoms with E-state index in [0.29, 0.717) is 39.9 Å². The third kappa shape index (κ3) is 4.06. The van der Waals surface area contributed by atoms with Crippen molar-refractivity contribution in [2.75, 3.05) is 41.8 Å². The van der Waals surface area contributed by atoms with Gasteiger partial charge in [-0.05, 0) is 56.4 Å². The second-order valence-electron chi connectivity index (χ2n) is 7.13. The van der Waals surface area contributed by atoms with Crippen molar-refractivity contribution >= 4 is 40.5 Å². The van der Waals surface area contributed by atoms with Crippen LogP contribution in [0.5, 0.6) is 0 Å². The van der Waals surface area contributed by atoms with Crippen LogP contribution in [0.15, 0.2) is 54.7 Å². The number of carbonyl (C=O) groups is 1. The second kappa shape index (κ2) is 8.91. The number of nitrogens with one attached hydrogen (secondary N) is 2. The van der Waals surface area contributed by atoms with Crippen LogP contribution in [0.4, 0.5) is 32.1 Å². The van der Waals surface area contributed by atoms with Crippen molar-refractivity contribution in [3.8, 4) is 11.1 Å². The molecule has 160 valence electrons. The van der Waals surface area contributed by atoms with Crippen LogP contribution >= 0.6 is 11.6 Å². The number of aromatic nitrogens is 1. The average Bonchev–Trinajstić information content (AvgIpc) is 2.86. The molecule has 0 fully saturated rings. The van der Waals surface area contributed by atoms with Gasteiger partial charge < -0.3 is 10.6 Å². The van der Waals surface area contributed by atoms with Crippen LogP contribution < -0.4 is 20.4 Å². The number of anilines is 4. The first kappa shape index (κ1) is 21.1. The number of hydrogen-bond acceptors (Lipinski definition) is 4. The molecule has 6 nitrogen and oxygen atoms in total. The highest BCUT2D eigenvalue weighted by Crippen LogP contribution is 2.44. The van der Waals surface area contributed by atoms with Gasteiger partial charge in [-0.15, -0.1) is 0 Å². The number of benzene rings is 2. The standard InChI is InChI=1S/C23H23ClFN5O/c1-3-29-22-20(13-16(25)14-28-22)19-9-4-15(24)12-21(19)30(23(29)31)18-7-5-17(6-8-18)27-11-10-26-2/h4-9,12-14,26-27H,3,10-11H2,1-2H3. The fourth-order valence-corrected chi connectivity index (χ4v) is 3.84. The van der Waals surface area contributed by atoms with Gasteiger partial charge in [0.15, 0.2) is 0 Å². The first-order valence-corrected chi connectivity index (χ1v) is 10.5. The fraction of sp³-hybridized carbons (Fsp3) is 0.217. The first-order chi connectivity index (χ1) is 15.0. The number of amides is 2. The Morgan fingerprint density at radius 2 is 1.84 bits per heavy atom. The Bertz CT molecular complexity index is 1110. The summed E-state index contributed by atoms with van der Waals surface area (Å²) < 4.78 is 14.1. The van der Waals surface area contributed by atoms with E-state index in [1.54, 1.807) is 28.0 Å². The molecule has 1 aliphatic rings. The molecule has 3 aromatic rings. The molecule has 0 unspecified atom stereocenters. The molecular formula is C23H23ClFN5O. The molecule has 1 aliphatic heterocycles. The highest BCUT2D eigenvalue weighted by atomic mass is 35.5. The normalized spacial score (nSPS) is 13.0. The zero-order valence-electron chi connectivity index (χ0n) is 17.3. The lowest BCUT2D eigenvalue weighted by molar-refractivity contribution is 0.254. The van der Waals surface area contributed by atoms with Crippen molar-refractivity contribution in [3.05, 3.63) is 65.6 Å².